The Kier molecular flexibility index (Phi) is 5.39. The van der Waals surface area contributed by atoms with E-state index in [9.17, 15) is 23.1 Å². The fraction of sp³-hybridized carbons (Fsp3) is 0.588. The number of halogens is 3. The van der Waals surface area contributed by atoms with E-state index in [4.69, 9.17) is 4.89 Å². The molecule has 1 heterocycles. The van der Waals surface area contributed by atoms with Crippen LogP contribution >= 0.6 is 0 Å². The molecule has 8 heteroatoms. The smallest absolute Gasteiger partial charge is 0.452 e. The number of carbonyl (C=O) groups is 1. The van der Waals surface area contributed by atoms with Gasteiger partial charge >= 0.3 is 12.3 Å². The summed E-state index contributed by atoms with van der Waals surface area (Å²) in [7, 11) is 0. The van der Waals surface area contributed by atoms with Crippen LogP contribution in [0.4, 0.5) is 18.0 Å². The average molecular weight is 361 g/mol. The lowest BCUT2D eigenvalue weighted by Gasteiger charge is -2.26. The van der Waals surface area contributed by atoms with Crippen molar-refractivity contribution in [2.24, 2.45) is 0 Å². The largest absolute Gasteiger partial charge is 0.504 e. The molecule has 1 fully saturated rings. The van der Waals surface area contributed by atoms with E-state index in [2.05, 4.69) is 4.89 Å². The predicted molar refractivity (Wildman–Crippen MR) is 84.3 cm³/mol. The highest BCUT2D eigenvalue weighted by Crippen LogP contribution is 2.46. The number of likely N-dealkylation sites (tertiary alicyclic amines) is 1. The number of rotatable bonds is 2. The maximum atomic E-state index is 13.4. The van der Waals surface area contributed by atoms with Crippen LogP contribution in [-0.2, 0) is 16.5 Å². The lowest BCUT2D eigenvalue weighted by Crippen LogP contribution is -2.36. The molecule has 1 saturated heterocycles. The van der Waals surface area contributed by atoms with Crippen LogP contribution in [0.5, 0.6) is 11.5 Å². The number of carbonyl (C=O) groups excluding carboxylic acids is 1. The molecule has 0 aromatic heterocycles. The predicted octanol–water partition coefficient (Wildman–Crippen LogP) is 4.62. The van der Waals surface area contributed by atoms with Crippen LogP contribution < -0.4 is 4.89 Å². The fourth-order valence-corrected chi connectivity index (χ4v) is 2.76. The number of piperidine rings is 1. The molecule has 1 aliphatic heterocycles. The Balaban J connectivity index is 2.23. The molecule has 1 N–H and O–H groups in total. The van der Waals surface area contributed by atoms with Crippen molar-refractivity contribution >= 4 is 6.09 Å². The van der Waals surface area contributed by atoms with Crippen molar-refractivity contribution < 1.29 is 32.8 Å². The second-order valence-corrected chi connectivity index (χ2v) is 7.06. The van der Waals surface area contributed by atoms with Gasteiger partial charge in [0.25, 0.3) is 0 Å². The summed E-state index contributed by atoms with van der Waals surface area (Å²) in [6.45, 7) is 5.83. The van der Waals surface area contributed by atoms with Gasteiger partial charge in [-0.25, -0.2) is 9.68 Å². The van der Waals surface area contributed by atoms with Gasteiger partial charge in [-0.1, -0.05) is 26.8 Å². The van der Waals surface area contributed by atoms with Gasteiger partial charge in [-0.05, 0) is 36.3 Å². The molecule has 25 heavy (non-hydrogen) atoms. The minimum Gasteiger partial charge on any atom is -0.504 e. The van der Waals surface area contributed by atoms with Crippen LogP contribution in [0.15, 0.2) is 12.1 Å². The average Bonchev–Trinajstić information content (AvgIpc) is 2.51. The second-order valence-electron chi connectivity index (χ2n) is 7.06. The summed E-state index contributed by atoms with van der Waals surface area (Å²) in [6.07, 6.45) is -2.89. The van der Waals surface area contributed by atoms with Crippen LogP contribution in [-0.4, -0.2) is 29.2 Å². The first kappa shape index (κ1) is 19.2. The summed E-state index contributed by atoms with van der Waals surface area (Å²) in [5, 5.41) is 10.0. The summed E-state index contributed by atoms with van der Waals surface area (Å²) >= 11 is 0. The lowest BCUT2D eigenvalue weighted by atomic mass is 9.83. The molecule has 0 atom stereocenters. The van der Waals surface area contributed by atoms with Gasteiger partial charge in [0, 0.05) is 13.1 Å². The fourth-order valence-electron chi connectivity index (χ4n) is 2.76. The molecule has 0 radical (unpaired) electrons. The molecule has 0 unspecified atom stereocenters. The monoisotopic (exact) mass is 361 g/mol. The van der Waals surface area contributed by atoms with Crippen molar-refractivity contribution in [1.82, 2.24) is 4.90 Å². The highest BCUT2D eigenvalue weighted by atomic mass is 19.4. The normalized spacial score (nSPS) is 15.8. The Morgan fingerprint density at radius 3 is 2.24 bits per heavy atom. The van der Waals surface area contributed by atoms with Crippen molar-refractivity contribution in [2.75, 3.05) is 13.1 Å². The first-order valence-electron chi connectivity index (χ1n) is 8.09. The molecule has 1 amide bonds. The number of nitrogens with zero attached hydrogens (tertiary/aromatic N) is 1. The molecule has 0 aliphatic carbocycles. The minimum absolute atomic E-state index is 0.0767. The van der Waals surface area contributed by atoms with Crippen LogP contribution in [0.2, 0.25) is 0 Å². The number of aromatic hydroxyl groups is 1. The Morgan fingerprint density at radius 2 is 1.72 bits per heavy atom. The van der Waals surface area contributed by atoms with Crippen LogP contribution in [0.3, 0.4) is 0 Å². The summed E-state index contributed by atoms with van der Waals surface area (Å²) in [6, 6.07) is 2.38. The van der Waals surface area contributed by atoms with Gasteiger partial charge in [0.1, 0.15) is 5.56 Å². The van der Waals surface area contributed by atoms with Crippen molar-refractivity contribution in [3.8, 4) is 11.5 Å². The van der Waals surface area contributed by atoms with E-state index >= 15 is 0 Å². The quantitative estimate of drug-likeness (QED) is 0.617. The number of phenolic OH excluding ortho intramolecular Hbond substituents is 1. The van der Waals surface area contributed by atoms with Gasteiger partial charge in [0.15, 0.2) is 5.75 Å². The van der Waals surface area contributed by atoms with Gasteiger partial charge in [0.2, 0.25) is 5.75 Å². The molecule has 0 saturated carbocycles. The van der Waals surface area contributed by atoms with Crippen LogP contribution in [0, 0.1) is 0 Å². The number of phenols is 1. The number of amides is 1. The van der Waals surface area contributed by atoms with Crippen molar-refractivity contribution in [1.29, 1.82) is 0 Å². The molecule has 1 aromatic carbocycles. The first-order chi connectivity index (χ1) is 11.5. The molecule has 1 aromatic rings. The Hall–Kier alpha value is -2.12. The third kappa shape index (κ3) is 4.49. The number of hydrogen-bond donors (Lipinski definition) is 1. The summed E-state index contributed by atoms with van der Waals surface area (Å²) < 4.78 is 40.1. The van der Waals surface area contributed by atoms with Crippen molar-refractivity contribution in [3.05, 3.63) is 23.3 Å². The maximum Gasteiger partial charge on any atom is 0.452 e. The van der Waals surface area contributed by atoms with E-state index in [1.807, 2.05) is 0 Å². The zero-order valence-corrected chi connectivity index (χ0v) is 14.4. The topological polar surface area (TPSA) is 59.0 Å². The minimum atomic E-state index is -4.77. The second kappa shape index (κ2) is 7.01. The Labute approximate surface area is 144 Å². The van der Waals surface area contributed by atoms with E-state index in [0.29, 0.717) is 13.1 Å². The molecule has 0 bridgehead atoms. The van der Waals surface area contributed by atoms with Gasteiger partial charge in [0.05, 0.1) is 0 Å². The zero-order valence-electron chi connectivity index (χ0n) is 14.4. The zero-order chi connectivity index (χ0) is 18.8. The summed E-state index contributed by atoms with van der Waals surface area (Å²) in [5.41, 5.74) is -2.11. The third-order valence-electron chi connectivity index (χ3n) is 4.05. The van der Waals surface area contributed by atoms with Crippen LogP contribution in [0.1, 0.15) is 51.2 Å². The number of benzene rings is 1. The van der Waals surface area contributed by atoms with Gasteiger partial charge in [-0.3, -0.25) is 4.89 Å². The van der Waals surface area contributed by atoms with Gasteiger partial charge in [-0.2, -0.15) is 13.2 Å². The lowest BCUT2D eigenvalue weighted by molar-refractivity contribution is -0.158. The SMILES string of the molecule is CC(C)(C)c1ccc(OOC(=O)N2CCCCC2)c(O)c1C(F)(F)F. The van der Waals surface area contributed by atoms with E-state index < -0.39 is 34.7 Å². The summed E-state index contributed by atoms with van der Waals surface area (Å²) in [5.74, 6) is -1.64. The molecular formula is C17H22F3NO4. The first-order valence-corrected chi connectivity index (χ1v) is 8.09. The van der Waals surface area contributed by atoms with E-state index in [-0.39, 0.29) is 5.56 Å². The Bertz CT molecular complexity index is 632. The molecule has 140 valence electrons. The van der Waals surface area contributed by atoms with Gasteiger partial charge < -0.3 is 10.0 Å². The molecular weight excluding hydrogens is 339 g/mol. The van der Waals surface area contributed by atoms with Crippen molar-refractivity contribution in [3.63, 3.8) is 0 Å². The van der Waals surface area contributed by atoms with Crippen LogP contribution in [0.25, 0.3) is 0 Å². The summed E-state index contributed by atoms with van der Waals surface area (Å²) in [4.78, 5) is 22.6. The van der Waals surface area contributed by atoms with E-state index in [1.165, 1.54) is 11.0 Å². The maximum absolute atomic E-state index is 13.4. The molecule has 5 nitrogen and oxygen atoms in total. The molecule has 2 rings (SSSR count). The third-order valence-corrected chi connectivity index (χ3v) is 4.05. The Morgan fingerprint density at radius 1 is 1.12 bits per heavy atom. The van der Waals surface area contributed by atoms with Crippen molar-refractivity contribution in [2.45, 2.75) is 51.6 Å². The van der Waals surface area contributed by atoms with Gasteiger partial charge in [-0.15, -0.1) is 0 Å². The van der Waals surface area contributed by atoms with E-state index in [0.717, 1.165) is 25.3 Å². The highest BCUT2D eigenvalue weighted by Gasteiger charge is 2.41. The number of hydrogen-bond acceptors (Lipinski definition) is 4. The van der Waals surface area contributed by atoms with E-state index in [1.54, 1.807) is 20.8 Å². The standard InChI is InChI=1S/C17H22F3NO4/c1-16(2,3)11-7-8-12(14(22)13(11)17(18,19)20)24-25-15(23)21-9-5-4-6-10-21/h7-8,22H,4-6,9-10H2,1-3H3. The molecule has 1 aliphatic rings. The molecule has 0 spiro atoms. The number of alkyl halides is 3. The highest BCUT2D eigenvalue weighted by molar-refractivity contribution is 5.67.